The van der Waals surface area contributed by atoms with Crippen molar-refractivity contribution in [1.29, 1.82) is 0 Å². The van der Waals surface area contributed by atoms with E-state index in [1.165, 1.54) is 17.7 Å². The van der Waals surface area contributed by atoms with E-state index in [9.17, 15) is 13.2 Å². The molecule has 3 aromatic carbocycles. The van der Waals surface area contributed by atoms with Crippen molar-refractivity contribution in [2.45, 2.75) is 45.6 Å². The van der Waals surface area contributed by atoms with Crippen LogP contribution in [0.2, 0.25) is 0 Å². The number of rotatable bonds is 9. The molecule has 0 fully saturated rings. The molecule has 34 heavy (non-hydrogen) atoms. The van der Waals surface area contributed by atoms with Gasteiger partial charge in [-0.15, -0.1) is 0 Å². The second kappa shape index (κ2) is 10.7. The molecular weight excluding hydrogens is 448 g/mol. The Balaban J connectivity index is 1.87. The summed E-state index contributed by atoms with van der Waals surface area (Å²) in [5.74, 6) is 0.200. The molecule has 0 aliphatic rings. The largest absolute Gasteiger partial charge is 0.494 e. The standard InChI is InChI=1S/C27H32N2O4S/c1-6-33-24-12-14-25(15-13-24)34(31,32)29(23-10-8-7-9-11-23)18-27(30)28-22(5)26-17-20(3)19(2)16-21(26)4/h7-17,22H,6,18H2,1-5H3,(H,28,30)/t22-/m1/s1. The molecule has 0 saturated heterocycles. The van der Waals surface area contributed by atoms with Gasteiger partial charge >= 0.3 is 0 Å². The Bertz CT molecular complexity index is 1240. The molecule has 1 amide bonds. The van der Waals surface area contributed by atoms with Gasteiger partial charge in [0.15, 0.2) is 0 Å². The van der Waals surface area contributed by atoms with E-state index >= 15 is 0 Å². The minimum atomic E-state index is -3.98. The van der Waals surface area contributed by atoms with Crippen LogP contribution in [0.3, 0.4) is 0 Å². The molecule has 7 heteroatoms. The van der Waals surface area contributed by atoms with E-state index in [0.717, 1.165) is 21.0 Å². The predicted molar refractivity (Wildman–Crippen MR) is 136 cm³/mol. The molecular formula is C27H32N2O4S. The van der Waals surface area contributed by atoms with Crippen molar-refractivity contribution in [2.75, 3.05) is 17.5 Å². The number of ether oxygens (including phenoxy) is 1. The number of nitrogens with zero attached hydrogens (tertiary/aromatic N) is 1. The normalized spacial score (nSPS) is 12.1. The molecule has 0 heterocycles. The van der Waals surface area contributed by atoms with Crippen LogP contribution in [0.4, 0.5) is 5.69 Å². The van der Waals surface area contributed by atoms with Gasteiger partial charge in [-0.2, -0.15) is 0 Å². The molecule has 0 aliphatic heterocycles. The van der Waals surface area contributed by atoms with E-state index in [2.05, 4.69) is 24.4 Å². The summed E-state index contributed by atoms with van der Waals surface area (Å²) in [4.78, 5) is 13.1. The first-order valence-electron chi connectivity index (χ1n) is 11.3. The van der Waals surface area contributed by atoms with E-state index in [-0.39, 0.29) is 23.4 Å². The highest BCUT2D eigenvalue weighted by Gasteiger charge is 2.28. The Morgan fingerprint density at radius 1 is 0.941 bits per heavy atom. The molecule has 3 aromatic rings. The maximum Gasteiger partial charge on any atom is 0.264 e. The van der Waals surface area contributed by atoms with Crippen LogP contribution in [-0.4, -0.2) is 27.5 Å². The Hall–Kier alpha value is -3.32. The molecule has 0 spiro atoms. The van der Waals surface area contributed by atoms with Crippen molar-refractivity contribution in [3.8, 4) is 5.75 Å². The maximum atomic E-state index is 13.5. The van der Waals surface area contributed by atoms with Gasteiger partial charge in [0.05, 0.1) is 23.2 Å². The second-order valence-corrected chi connectivity index (χ2v) is 10.2. The Morgan fingerprint density at radius 2 is 1.56 bits per heavy atom. The summed E-state index contributed by atoms with van der Waals surface area (Å²) < 4.78 is 33.6. The average Bonchev–Trinajstić information content (AvgIpc) is 2.81. The number of sulfonamides is 1. The first-order valence-corrected chi connectivity index (χ1v) is 12.7. The minimum Gasteiger partial charge on any atom is -0.494 e. The van der Waals surface area contributed by atoms with E-state index in [1.54, 1.807) is 42.5 Å². The first kappa shape index (κ1) is 25.3. The molecule has 0 aliphatic carbocycles. The zero-order valence-corrected chi connectivity index (χ0v) is 21.1. The summed E-state index contributed by atoms with van der Waals surface area (Å²) in [6.07, 6.45) is 0. The molecule has 0 radical (unpaired) electrons. The third kappa shape index (κ3) is 5.78. The van der Waals surface area contributed by atoms with Gasteiger partial charge in [0.1, 0.15) is 12.3 Å². The fourth-order valence-corrected chi connectivity index (χ4v) is 5.28. The topological polar surface area (TPSA) is 75.7 Å². The SMILES string of the molecule is CCOc1ccc(S(=O)(=O)N(CC(=O)N[C@H](C)c2cc(C)c(C)cc2C)c2ccccc2)cc1. The van der Waals surface area contributed by atoms with Crippen LogP contribution in [0.1, 0.15) is 42.1 Å². The number of hydrogen-bond acceptors (Lipinski definition) is 4. The van der Waals surface area contributed by atoms with Crippen LogP contribution in [0.15, 0.2) is 71.6 Å². The quantitative estimate of drug-likeness (QED) is 0.463. The number of carbonyl (C=O) groups is 1. The smallest absolute Gasteiger partial charge is 0.264 e. The Labute approximate surface area is 202 Å². The number of aryl methyl sites for hydroxylation is 3. The molecule has 1 atom stereocenters. The van der Waals surface area contributed by atoms with Crippen molar-refractivity contribution < 1.29 is 17.9 Å². The van der Waals surface area contributed by atoms with Gasteiger partial charge in [-0.1, -0.05) is 30.3 Å². The van der Waals surface area contributed by atoms with Gasteiger partial charge in [-0.05, 0) is 93.3 Å². The second-order valence-electron chi connectivity index (χ2n) is 8.33. The summed E-state index contributed by atoms with van der Waals surface area (Å²) in [7, 11) is -3.98. The van der Waals surface area contributed by atoms with Crippen LogP contribution in [0.5, 0.6) is 5.75 Å². The molecule has 1 N–H and O–H groups in total. The molecule has 0 bridgehead atoms. The van der Waals surface area contributed by atoms with Crippen molar-refractivity contribution in [1.82, 2.24) is 5.32 Å². The lowest BCUT2D eigenvalue weighted by Crippen LogP contribution is -2.41. The molecule has 180 valence electrons. The molecule has 0 unspecified atom stereocenters. The van der Waals surface area contributed by atoms with Crippen LogP contribution in [0.25, 0.3) is 0 Å². The highest BCUT2D eigenvalue weighted by molar-refractivity contribution is 7.92. The highest BCUT2D eigenvalue weighted by atomic mass is 32.2. The number of para-hydroxylation sites is 1. The van der Waals surface area contributed by atoms with Gasteiger partial charge in [-0.25, -0.2) is 8.42 Å². The van der Waals surface area contributed by atoms with Gasteiger partial charge in [0, 0.05) is 0 Å². The summed E-state index contributed by atoms with van der Waals surface area (Å²) in [6, 6.07) is 18.8. The van der Waals surface area contributed by atoms with Crippen molar-refractivity contribution in [3.63, 3.8) is 0 Å². The zero-order valence-electron chi connectivity index (χ0n) is 20.3. The molecule has 0 aromatic heterocycles. The van der Waals surface area contributed by atoms with Crippen molar-refractivity contribution in [3.05, 3.63) is 89.0 Å². The van der Waals surface area contributed by atoms with Gasteiger partial charge < -0.3 is 10.1 Å². The third-order valence-corrected chi connectivity index (χ3v) is 7.57. The lowest BCUT2D eigenvalue weighted by molar-refractivity contribution is -0.120. The van der Waals surface area contributed by atoms with Crippen molar-refractivity contribution >= 4 is 21.6 Å². The van der Waals surface area contributed by atoms with Gasteiger partial charge in [0.25, 0.3) is 10.0 Å². The van der Waals surface area contributed by atoms with Gasteiger partial charge in [-0.3, -0.25) is 9.10 Å². The zero-order chi connectivity index (χ0) is 24.9. The average molecular weight is 481 g/mol. The maximum absolute atomic E-state index is 13.5. The first-order chi connectivity index (χ1) is 16.1. The molecule has 6 nitrogen and oxygen atoms in total. The van der Waals surface area contributed by atoms with E-state index in [0.29, 0.717) is 18.0 Å². The Morgan fingerprint density at radius 3 is 2.18 bits per heavy atom. The van der Waals surface area contributed by atoms with E-state index in [1.807, 2.05) is 27.7 Å². The summed E-state index contributed by atoms with van der Waals surface area (Å²) in [5, 5.41) is 2.97. The summed E-state index contributed by atoms with van der Waals surface area (Å²) in [6.45, 7) is 10.0. The summed E-state index contributed by atoms with van der Waals surface area (Å²) in [5.41, 5.74) is 4.85. The van der Waals surface area contributed by atoms with Gasteiger partial charge in [0.2, 0.25) is 5.91 Å². The van der Waals surface area contributed by atoms with Crippen molar-refractivity contribution in [2.24, 2.45) is 0 Å². The van der Waals surface area contributed by atoms with Crippen LogP contribution < -0.4 is 14.4 Å². The lowest BCUT2D eigenvalue weighted by Gasteiger charge is -2.25. The fraction of sp³-hybridized carbons (Fsp3) is 0.296. The van der Waals surface area contributed by atoms with Crippen LogP contribution >= 0.6 is 0 Å². The van der Waals surface area contributed by atoms with E-state index in [4.69, 9.17) is 4.74 Å². The van der Waals surface area contributed by atoms with E-state index < -0.39 is 10.0 Å². The number of hydrogen-bond donors (Lipinski definition) is 1. The Kier molecular flexibility index (Phi) is 7.99. The number of carbonyl (C=O) groups excluding carboxylic acids is 1. The number of amides is 1. The fourth-order valence-electron chi connectivity index (χ4n) is 3.86. The monoisotopic (exact) mass is 480 g/mol. The molecule has 0 saturated carbocycles. The molecule has 3 rings (SSSR count). The number of benzene rings is 3. The number of anilines is 1. The predicted octanol–water partition coefficient (Wildman–Crippen LogP) is 5.08. The third-order valence-electron chi connectivity index (χ3n) is 5.78. The lowest BCUT2D eigenvalue weighted by atomic mass is 9.96. The van der Waals surface area contributed by atoms with Crippen LogP contribution in [-0.2, 0) is 14.8 Å². The number of nitrogens with one attached hydrogen (secondary N) is 1. The minimum absolute atomic E-state index is 0.0886. The highest BCUT2D eigenvalue weighted by Crippen LogP contribution is 2.26. The summed E-state index contributed by atoms with van der Waals surface area (Å²) >= 11 is 0. The van der Waals surface area contributed by atoms with Crippen LogP contribution in [0, 0.1) is 20.8 Å².